The number of ketones is 1. The summed E-state index contributed by atoms with van der Waals surface area (Å²) in [5.74, 6) is -5.60. The Morgan fingerprint density at radius 2 is 1.86 bits per heavy atom. The first-order valence-corrected chi connectivity index (χ1v) is 6.52. The summed E-state index contributed by atoms with van der Waals surface area (Å²) in [6.07, 6.45) is -5.99. The Balaban J connectivity index is 3.14. The molecule has 0 aliphatic rings. The maximum absolute atomic E-state index is 12.5. The molecule has 0 amide bonds. The lowest BCUT2D eigenvalue weighted by molar-refractivity contribution is -0.172. The maximum atomic E-state index is 12.5. The van der Waals surface area contributed by atoms with Crippen LogP contribution in [0.15, 0.2) is 30.3 Å². The number of carbonyl (C=O) groups excluding carboxylic acids is 2. The number of Topliss-reactive ketones (excluding diaryl/α,β-unsaturated/α-hetero) is 1. The van der Waals surface area contributed by atoms with Gasteiger partial charge in [-0.25, -0.2) is 0 Å². The van der Waals surface area contributed by atoms with E-state index in [9.17, 15) is 22.8 Å². The van der Waals surface area contributed by atoms with Crippen molar-refractivity contribution in [2.45, 2.75) is 25.4 Å². The third kappa shape index (κ3) is 4.58. The maximum Gasteiger partial charge on any atom is 0.449 e. The fourth-order valence-electron chi connectivity index (χ4n) is 1.98. The van der Waals surface area contributed by atoms with Gasteiger partial charge in [0.15, 0.2) is 5.92 Å². The zero-order chi connectivity index (χ0) is 16.8. The molecule has 0 saturated carbocycles. The molecular formula is C15H14F3NO3. The highest BCUT2D eigenvalue weighted by Gasteiger charge is 2.42. The second-order valence-electron chi connectivity index (χ2n) is 4.50. The second kappa shape index (κ2) is 7.59. The number of hydrogen-bond acceptors (Lipinski definition) is 4. The molecule has 0 radical (unpaired) electrons. The molecule has 7 heteroatoms. The van der Waals surface area contributed by atoms with Crippen LogP contribution in [-0.4, -0.2) is 24.5 Å². The molecule has 0 bridgehead atoms. The third-order valence-corrected chi connectivity index (χ3v) is 3.03. The highest BCUT2D eigenvalue weighted by Crippen LogP contribution is 2.32. The molecule has 0 aromatic heterocycles. The summed E-state index contributed by atoms with van der Waals surface area (Å²) < 4.78 is 42.2. The zero-order valence-electron chi connectivity index (χ0n) is 11.8. The fourth-order valence-corrected chi connectivity index (χ4v) is 1.98. The smallest absolute Gasteiger partial charge is 0.449 e. The Hall–Kier alpha value is -2.36. The number of esters is 1. The van der Waals surface area contributed by atoms with Gasteiger partial charge in [0.05, 0.1) is 12.7 Å². The van der Waals surface area contributed by atoms with Gasteiger partial charge >= 0.3 is 12.1 Å². The van der Waals surface area contributed by atoms with Gasteiger partial charge in [0.2, 0.25) is 5.78 Å². The van der Waals surface area contributed by atoms with Crippen molar-refractivity contribution in [2.75, 3.05) is 6.61 Å². The summed E-state index contributed by atoms with van der Waals surface area (Å²) in [4.78, 5) is 23.0. The van der Waals surface area contributed by atoms with Crippen LogP contribution in [0.2, 0.25) is 0 Å². The topological polar surface area (TPSA) is 67.2 Å². The monoisotopic (exact) mass is 313 g/mol. The summed E-state index contributed by atoms with van der Waals surface area (Å²) in [7, 11) is 0. The van der Waals surface area contributed by atoms with E-state index in [1.807, 2.05) is 0 Å². The fraction of sp³-hybridized carbons (Fsp3) is 0.400. The number of nitrogens with zero attached hydrogens (tertiary/aromatic N) is 1. The Bertz CT molecular complexity index is 564. The van der Waals surface area contributed by atoms with Gasteiger partial charge in [-0.2, -0.15) is 18.4 Å². The number of alkyl halides is 3. The lowest BCUT2D eigenvalue weighted by Crippen LogP contribution is -2.30. The molecule has 2 atom stereocenters. The predicted octanol–water partition coefficient (Wildman–Crippen LogP) is 2.99. The van der Waals surface area contributed by atoms with Crippen LogP contribution in [0.1, 0.15) is 24.8 Å². The van der Waals surface area contributed by atoms with E-state index in [4.69, 9.17) is 10.00 Å². The first-order chi connectivity index (χ1) is 10.3. The molecule has 1 aromatic rings. The average Bonchev–Trinajstić information content (AvgIpc) is 2.47. The lowest BCUT2D eigenvalue weighted by atomic mass is 9.83. The highest BCUT2D eigenvalue weighted by atomic mass is 19.4. The van der Waals surface area contributed by atoms with Gasteiger partial charge in [-0.3, -0.25) is 9.59 Å². The molecule has 1 aromatic carbocycles. The summed E-state index contributed by atoms with van der Waals surface area (Å²) in [6.45, 7) is 1.51. The molecule has 0 spiro atoms. The summed E-state index contributed by atoms with van der Waals surface area (Å²) >= 11 is 0. The van der Waals surface area contributed by atoms with E-state index in [-0.39, 0.29) is 6.61 Å². The first kappa shape index (κ1) is 17.7. The number of halogens is 3. The van der Waals surface area contributed by atoms with E-state index >= 15 is 0 Å². The van der Waals surface area contributed by atoms with Crippen molar-refractivity contribution in [1.82, 2.24) is 0 Å². The Morgan fingerprint density at radius 1 is 1.27 bits per heavy atom. The second-order valence-corrected chi connectivity index (χ2v) is 4.50. The van der Waals surface area contributed by atoms with Crippen molar-refractivity contribution in [3.63, 3.8) is 0 Å². The predicted molar refractivity (Wildman–Crippen MR) is 70.6 cm³/mol. The first-order valence-electron chi connectivity index (χ1n) is 6.52. The van der Waals surface area contributed by atoms with Gasteiger partial charge in [-0.1, -0.05) is 30.3 Å². The molecule has 0 aliphatic carbocycles. The molecule has 0 saturated heterocycles. The lowest BCUT2D eigenvalue weighted by Gasteiger charge is -2.21. The summed E-state index contributed by atoms with van der Waals surface area (Å²) in [6, 6.07) is 9.34. The number of ether oxygens (including phenoxy) is 1. The van der Waals surface area contributed by atoms with Crippen LogP contribution in [0.25, 0.3) is 0 Å². The minimum atomic E-state index is -5.01. The minimum absolute atomic E-state index is 0.00819. The van der Waals surface area contributed by atoms with E-state index in [2.05, 4.69) is 0 Å². The highest BCUT2D eigenvalue weighted by molar-refractivity contribution is 5.86. The normalized spacial score (nSPS) is 13.8. The minimum Gasteiger partial charge on any atom is -0.465 e. The van der Waals surface area contributed by atoms with Crippen molar-refractivity contribution < 1.29 is 27.5 Å². The van der Waals surface area contributed by atoms with Crippen LogP contribution in [0.3, 0.4) is 0 Å². The van der Waals surface area contributed by atoms with E-state index in [1.54, 1.807) is 24.3 Å². The van der Waals surface area contributed by atoms with Crippen LogP contribution in [-0.2, 0) is 14.3 Å². The van der Waals surface area contributed by atoms with Crippen molar-refractivity contribution in [1.29, 1.82) is 5.26 Å². The molecule has 4 nitrogen and oxygen atoms in total. The number of hydrogen-bond donors (Lipinski definition) is 0. The van der Waals surface area contributed by atoms with Crippen molar-refractivity contribution in [2.24, 2.45) is 5.92 Å². The quantitative estimate of drug-likeness (QED) is 0.757. The number of benzene rings is 1. The molecule has 0 aliphatic heterocycles. The molecule has 118 valence electrons. The Morgan fingerprint density at radius 3 is 2.32 bits per heavy atom. The standard InChI is InChI=1S/C15H14F3NO3/c1-2-22-14(21)12(9-19)11(8-13(20)15(16,17)18)10-6-4-3-5-7-10/h3-7,11-12H,2,8H2,1H3. The summed E-state index contributed by atoms with van der Waals surface area (Å²) in [5.41, 5.74) is 0.305. The largest absolute Gasteiger partial charge is 0.465 e. The number of nitriles is 1. The molecule has 0 N–H and O–H groups in total. The molecule has 1 rings (SSSR count). The average molecular weight is 313 g/mol. The molecule has 2 unspecified atom stereocenters. The third-order valence-electron chi connectivity index (χ3n) is 3.03. The summed E-state index contributed by atoms with van der Waals surface area (Å²) in [5, 5.41) is 9.13. The van der Waals surface area contributed by atoms with E-state index in [1.165, 1.54) is 19.1 Å². The van der Waals surface area contributed by atoms with Crippen LogP contribution in [0.4, 0.5) is 13.2 Å². The molecule has 0 fully saturated rings. The van der Waals surface area contributed by atoms with Crippen LogP contribution in [0, 0.1) is 17.2 Å². The van der Waals surface area contributed by atoms with Crippen LogP contribution in [0.5, 0.6) is 0 Å². The SMILES string of the molecule is CCOC(=O)C(C#N)C(CC(=O)C(F)(F)F)c1ccccc1. The molecular weight excluding hydrogens is 299 g/mol. The zero-order valence-corrected chi connectivity index (χ0v) is 11.8. The van der Waals surface area contributed by atoms with E-state index in [0.717, 1.165) is 0 Å². The number of rotatable bonds is 6. The van der Waals surface area contributed by atoms with Crippen LogP contribution < -0.4 is 0 Å². The van der Waals surface area contributed by atoms with Gasteiger partial charge in [0.25, 0.3) is 0 Å². The Kier molecular flexibility index (Phi) is 6.11. The van der Waals surface area contributed by atoms with Gasteiger partial charge in [0.1, 0.15) is 0 Å². The van der Waals surface area contributed by atoms with E-state index in [0.29, 0.717) is 5.56 Å². The van der Waals surface area contributed by atoms with Crippen LogP contribution >= 0.6 is 0 Å². The van der Waals surface area contributed by atoms with Crippen molar-refractivity contribution in [3.05, 3.63) is 35.9 Å². The van der Waals surface area contributed by atoms with Gasteiger partial charge in [0, 0.05) is 12.3 Å². The van der Waals surface area contributed by atoms with Crippen molar-refractivity contribution >= 4 is 11.8 Å². The van der Waals surface area contributed by atoms with Gasteiger partial charge < -0.3 is 4.74 Å². The van der Waals surface area contributed by atoms with Crippen molar-refractivity contribution in [3.8, 4) is 6.07 Å². The number of carbonyl (C=O) groups is 2. The van der Waals surface area contributed by atoms with E-state index < -0.39 is 36.2 Å². The Labute approximate surface area is 125 Å². The van der Waals surface area contributed by atoms with Gasteiger partial charge in [-0.05, 0) is 12.5 Å². The van der Waals surface area contributed by atoms with Gasteiger partial charge in [-0.15, -0.1) is 0 Å². The molecule has 22 heavy (non-hydrogen) atoms. The molecule has 0 heterocycles.